The molecule has 1 aliphatic rings. The van der Waals surface area contributed by atoms with Crippen LogP contribution in [0, 0.1) is 0 Å². The van der Waals surface area contributed by atoms with Gasteiger partial charge in [-0.2, -0.15) is 0 Å². The van der Waals surface area contributed by atoms with E-state index in [9.17, 15) is 4.55 Å². The van der Waals surface area contributed by atoms with Crippen molar-refractivity contribution in [1.82, 2.24) is 0 Å². The molecule has 2 heteroatoms. The predicted molar refractivity (Wildman–Crippen MR) is 31.7 cm³/mol. The van der Waals surface area contributed by atoms with E-state index in [2.05, 4.69) is 0 Å². The van der Waals surface area contributed by atoms with E-state index >= 15 is 0 Å². The lowest BCUT2D eigenvalue weighted by atomic mass is 10.2. The highest BCUT2D eigenvalue weighted by atomic mass is 32.2. The minimum absolute atomic E-state index is 0.481. The normalized spacial score (nSPS) is 51.0. The molecule has 42 valence electrons. The zero-order chi connectivity index (χ0) is 5.44. The molecule has 1 rings (SSSR count). The van der Waals surface area contributed by atoms with Crippen LogP contribution in [0.3, 0.4) is 0 Å². The Morgan fingerprint density at radius 3 is 1.86 bits per heavy atom. The van der Waals surface area contributed by atoms with Crippen LogP contribution < -0.4 is 0 Å². The highest BCUT2D eigenvalue weighted by Gasteiger charge is 2.37. The second kappa shape index (κ2) is 1.67. The van der Waals surface area contributed by atoms with Crippen LogP contribution in [0.4, 0.5) is 0 Å². The minimum Gasteiger partial charge on any atom is -0.616 e. The first kappa shape index (κ1) is 5.45. The van der Waals surface area contributed by atoms with Gasteiger partial charge in [0.05, 0.1) is 0 Å². The summed E-state index contributed by atoms with van der Waals surface area (Å²) < 4.78 is 10.7. The first-order chi connectivity index (χ1) is 3.22. The summed E-state index contributed by atoms with van der Waals surface area (Å²) in [6, 6.07) is 0. The molecule has 0 saturated carbocycles. The van der Waals surface area contributed by atoms with Gasteiger partial charge in [0.25, 0.3) is 0 Å². The lowest BCUT2D eigenvalue weighted by molar-refractivity contribution is 0.524. The van der Waals surface area contributed by atoms with Crippen LogP contribution in [0.25, 0.3) is 0 Å². The molecule has 1 heterocycles. The molecule has 1 nitrogen and oxygen atoms in total. The van der Waals surface area contributed by atoms with E-state index in [0.717, 1.165) is 6.42 Å². The molecule has 0 spiro atoms. The van der Waals surface area contributed by atoms with E-state index in [1.807, 2.05) is 13.8 Å². The molecule has 3 atom stereocenters. The smallest absolute Gasteiger partial charge is 0.117 e. The SMILES string of the molecule is CC1C[C@H](C)[S+]1[O-]. The van der Waals surface area contributed by atoms with Crippen LogP contribution >= 0.6 is 0 Å². The molecule has 0 amide bonds. The van der Waals surface area contributed by atoms with Crippen LogP contribution in [0.5, 0.6) is 0 Å². The Hall–Kier alpha value is 0.310. The Balaban J connectivity index is 2.29. The summed E-state index contributed by atoms with van der Waals surface area (Å²) in [5.74, 6) is 0. The van der Waals surface area contributed by atoms with Gasteiger partial charge in [-0.3, -0.25) is 0 Å². The number of hydrogen-bond acceptors (Lipinski definition) is 1. The van der Waals surface area contributed by atoms with Crippen molar-refractivity contribution in [2.24, 2.45) is 0 Å². The molecule has 0 radical (unpaired) electrons. The summed E-state index contributed by atoms with van der Waals surface area (Å²) >= 11 is -0.481. The standard InChI is InChI=1S/C5H10OS/c1-4-3-5(2)7(4)6/h4-5H,3H2,1-2H3/t4-,5?,7?/m0/s1. The van der Waals surface area contributed by atoms with Crippen molar-refractivity contribution >= 4 is 11.2 Å². The van der Waals surface area contributed by atoms with Gasteiger partial charge in [-0.1, -0.05) is 0 Å². The summed E-state index contributed by atoms with van der Waals surface area (Å²) in [4.78, 5) is 0. The molecule has 0 aromatic carbocycles. The van der Waals surface area contributed by atoms with E-state index in [1.54, 1.807) is 0 Å². The summed E-state index contributed by atoms with van der Waals surface area (Å²) in [6.07, 6.45) is 1.16. The van der Waals surface area contributed by atoms with Crippen molar-refractivity contribution < 1.29 is 4.55 Å². The first-order valence-corrected chi connectivity index (χ1v) is 3.89. The fourth-order valence-electron chi connectivity index (χ4n) is 0.931. The average molecular weight is 118 g/mol. The molecule has 1 saturated heterocycles. The lowest BCUT2D eigenvalue weighted by Crippen LogP contribution is -2.41. The summed E-state index contributed by atoms with van der Waals surface area (Å²) in [6.45, 7) is 4.08. The summed E-state index contributed by atoms with van der Waals surface area (Å²) in [7, 11) is 0. The lowest BCUT2D eigenvalue weighted by Gasteiger charge is -2.33. The molecule has 1 aliphatic heterocycles. The van der Waals surface area contributed by atoms with Gasteiger partial charge in [-0.05, 0) is 25.0 Å². The van der Waals surface area contributed by atoms with Crippen LogP contribution in [0.15, 0.2) is 0 Å². The van der Waals surface area contributed by atoms with Gasteiger partial charge in [0.15, 0.2) is 0 Å². The zero-order valence-corrected chi connectivity index (χ0v) is 5.49. The van der Waals surface area contributed by atoms with Gasteiger partial charge in [0.1, 0.15) is 10.5 Å². The quantitative estimate of drug-likeness (QED) is 0.434. The van der Waals surface area contributed by atoms with Gasteiger partial charge in [0.2, 0.25) is 0 Å². The Morgan fingerprint density at radius 2 is 1.86 bits per heavy atom. The average Bonchev–Trinajstić information content (AvgIpc) is 1.68. The zero-order valence-electron chi connectivity index (χ0n) is 4.68. The van der Waals surface area contributed by atoms with Gasteiger partial charge in [-0.25, -0.2) is 0 Å². The molecule has 7 heavy (non-hydrogen) atoms. The van der Waals surface area contributed by atoms with Crippen molar-refractivity contribution in [3.63, 3.8) is 0 Å². The molecular weight excluding hydrogens is 108 g/mol. The number of rotatable bonds is 0. The third kappa shape index (κ3) is 0.774. The van der Waals surface area contributed by atoms with Crippen molar-refractivity contribution in [1.29, 1.82) is 0 Å². The fraction of sp³-hybridized carbons (Fsp3) is 1.00. The van der Waals surface area contributed by atoms with Crippen molar-refractivity contribution in [2.75, 3.05) is 0 Å². The van der Waals surface area contributed by atoms with E-state index in [1.165, 1.54) is 0 Å². The third-order valence-corrected chi connectivity index (χ3v) is 3.43. The second-order valence-electron chi connectivity index (χ2n) is 2.19. The van der Waals surface area contributed by atoms with Crippen LogP contribution in [-0.4, -0.2) is 15.1 Å². The molecule has 1 fully saturated rings. The Kier molecular flexibility index (Phi) is 1.30. The topological polar surface area (TPSA) is 23.1 Å². The highest BCUT2D eigenvalue weighted by molar-refractivity contribution is 7.94. The molecule has 2 unspecified atom stereocenters. The Labute approximate surface area is 47.3 Å². The fourth-order valence-corrected chi connectivity index (χ4v) is 2.32. The van der Waals surface area contributed by atoms with Gasteiger partial charge in [0, 0.05) is 6.42 Å². The highest BCUT2D eigenvalue weighted by Crippen LogP contribution is 2.27. The van der Waals surface area contributed by atoms with Crippen molar-refractivity contribution in [2.45, 2.75) is 30.8 Å². The van der Waals surface area contributed by atoms with Crippen LogP contribution in [-0.2, 0) is 11.2 Å². The van der Waals surface area contributed by atoms with Crippen molar-refractivity contribution in [3.05, 3.63) is 0 Å². The molecule has 0 aromatic rings. The van der Waals surface area contributed by atoms with E-state index in [-0.39, 0.29) is 0 Å². The maximum atomic E-state index is 10.7. The molecule has 0 N–H and O–H groups in total. The molecule has 0 aromatic heterocycles. The molecule has 0 aliphatic carbocycles. The van der Waals surface area contributed by atoms with Crippen LogP contribution in [0.1, 0.15) is 20.3 Å². The van der Waals surface area contributed by atoms with Gasteiger partial charge >= 0.3 is 0 Å². The molecular formula is C5H10OS. The summed E-state index contributed by atoms with van der Waals surface area (Å²) in [5.41, 5.74) is 0. The first-order valence-electron chi connectivity index (χ1n) is 2.61. The largest absolute Gasteiger partial charge is 0.616 e. The van der Waals surface area contributed by atoms with Crippen LogP contribution in [0.2, 0.25) is 0 Å². The monoisotopic (exact) mass is 118 g/mol. The van der Waals surface area contributed by atoms with Crippen molar-refractivity contribution in [3.8, 4) is 0 Å². The summed E-state index contributed by atoms with van der Waals surface area (Å²) in [5, 5.41) is 0.963. The van der Waals surface area contributed by atoms with E-state index in [0.29, 0.717) is 10.5 Å². The maximum absolute atomic E-state index is 10.7. The van der Waals surface area contributed by atoms with E-state index in [4.69, 9.17) is 0 Å². The van der Waals surface area contributed by atoms with Gasteiger partial charge in [-0.15, -0.1) is 0 Å². The Morgan fingerprint density at radius 1 is 1.43 bits per heavy atom. The Bertz CT molecular complexity index is 66.5. The third-order valence-electron chi connectivity index (χ3n) is 1.46. The maximum Gasteiger partial charge on any atom is 0.117 e. The van der Waals surface area contributed by atoms with Gasteiger partial charge < -0.3 is 4.55 Å². The predicted octanol–water partition coefficient (Wildman–Crippen LogP) is 0.916. The second-order valence-corrected chi connectivity index (χ2v) is 4.45. The minimum atomic E-state index is -0.481. The number of hydrogen-bond donors (Lipinski definition) is 0. The molecule has 0 bridgehead atoms. The van der Waals surface area contributed by atoms with E-state index < -0.39 is 11.2 Å².